The Bertz CT molecular complexity index is 658. The quantitative estimate of drug-likeness (QED) is 0.775. The van der Waals surface area contributed by atoms with E-state index in [4.69, 9.17) is 10.3 Å². The van der Waals surface area contributed by atoms with Gasteiger partial charge in [0.25, 0.3) is 5.89 Å². The standard InChI is InChI=1S/C10H6BrN3OS2/c11-5-3-7(17-4-5)9-13-10(15-14-9)6-1-2-16-8(6)12/h1-4H,12H2. The molecule has 0 saturated heterocycles. The van der Waals surface area contributed by atoms with Gasteiger partial charge in [0.05, 0.1) is 15.4 Å². The second-order valence-electron chi connectivity index (χ2n) is 3.25. The Hall–Kier alpha value is -1.18. The van der Waals surface area contributed by atoms with Gasteiger partial charge in [0, 0.05) is 9.85 Å². The van der Waals surface area contributed by atoms with E-state index in [1.54, 1.807) is 11.3 Å². The van der Waals surface area contributed by atoms with Gasteiger partial charge in [0.2, 0.25) is 5.82 Å². The van der Waals surface area contributed by atoms with Crippen LogP contribution in [-0.2, 0) is 0 Å². The van der Waals surface area contributed by atoms with Crippen molar-refractivity contribution in [2.24, 2.45) is 0 Å². The molecular formula is C10H6BrN3OS2. The molecule has 3 aromatic heterocycles. The summed E-state index contributed by atoms with van der Waals surface area (Å²) < 4.78 is 6.22. The molecule has 3 rings (SSSR count). The first-order chi connectivity index (χ1) is 8.24. The van der Waals surface area contributed by atoms with Crippen LogP contribution in [0.5, 0.6) is 0 Å². The fourth-order valence-corrected chi connectivity index (χ4v) is 3.35. The maximum absolute atomic E-state index is 5.81. The SMILES string of the molecule is Nc1sccc1-c1nc(-c2cc(Br)cs2)no1. The molecule has 86 valence electrons. The topological polar surface area (TPSA) is 64.9 Å². The molecular weight excluding hydrogens is 322 g/mol. The van der Waals surface area contributed by atoms with Crippen molar-refractivity contribution in [1.82, 2.24) is 10.1 Å². The number of thiophene rings is 2. The zero-order valence-corrected chi connectivity index (χ0v) is 11.6. The van der Waals surface area contributed by atoms with Crippen molar-refractivity contribution in [3.63, 3.8) is 0 Å². The first-order valence-electron chi connectivity index (χ1n) is 4.65. The summed E-state index contributed by atoms with van der Waals surface area (Å²) in [6, 6.07) is 3.83. The Morgan fingerprint density at radius 3 is 2.88 bits per heavy atom. The third-order valence-corrected chi connectivity index (χ3v) is 4.57. The van der Waals surface area contributed by atoms with Gasteiger partial charge in [-0.2, -0.15) is 4.98 Å². The summed E-state index contributed by atoms with van der Waals surface area (Å²) in [4.78, 5) is 5.29. The number of aromatic nitrogens is 2. The van der Waals surface area contributed by atoms with Crippen LogP contribution in [0.2, 0.25) is 0 Å². The van der Waals surface area contributed by atoms with E-state index in [0.717, 1.165) is 14.9 Å². The lowest BCUT2D eigenvalue weighted by molar-refractivity contribution is 0.433. The number of nitrogens with two attached hydrogens (primary N) is 1. The number of hydrogen-bond donors (Lipinski definition) is 1. The van der Waals surface area contributed by atoms with Crippen molar-refractivity contribution < 1.29 is 4.52 Å². The Morgan fingerprint density at radius 2 is 2.24 bits per heavy atom. The van der Waals surface area contributed by atoms with E-state index in [0.29, 0.717) is 16.7 Å². The number of rotatable bonds is 2. The molecule has 2 N–H and O–H groups in total. The molecule has 0 atom stereocenters. The minimum atomic E-state index is 0.461. The number of anilines is 1. The van der Waals surface area contributed by atoms with Crippen LogP contribution < -0.4 is 5.73 Å². The predicted molar refractivity (Wildman–Crippen MR) is 73.0 cm³/mol. The van der Waals surface area contributed by atoms with Gasteiger partial charge >= 0.3 is 0 Å². The third kappa shape index (κ3) is 2.01. The Balaban J connectivity index is 2.01. The number of hydrogen-bond acceptors (Lipinski definition) is 6. The third-order valence-electron chi connectivity index (χ3n) is 2.14. The van der Waals surface area contributed by atoms with E-state index in [9.17, 15) is 0 Å². The summed E-state index contributed by atoms with van der Waals surface area (Å²) in [5.74, 6) is 1.05. The van der Waals surface area contributed by atoms with Crippen LogP contribution in [0, 0.1) is 0 Å². The summed E-state index contributed by atoms with van der Waals surface area (Å²) in [5.41, 5.74) is 6.61. The largest absolute Gasteiger partial charge is 0.390 e. The molecule has 0 aliphatic rings. The molecule has 0 unspecified atom stereocenters. The molecule has 0 radical (unpaired) electrons. The molecule has 0 aliphatic heterocycles. The van der Waals surface area contributed by atoms with Crippen molar-refractivity contribution in [3.05, 3.63) is 27.4 Å². The van der Waals surface area contributed by atoms with Gasteiger partial charge in [-0.05, 0) is 33.4 Å². The molecule has 0 bridgehead atoms. The maximum Gasteiger partial charge on any atom is 0.261 e. The molecule has 3 aromatic rings. The highest BCUT2D eigenvalue weighted by atomic mass is 79.9. The summed E-state index contributed by atoms with van der Waals surface area (Å²) in [6.07, 6.45) is 0. The highest BCUT2D eigenvalue weighted by molar-refractivity contribution is 9.10. The monoisotopic (exact) mass is 327 g/mol. The van der Waals surface area contributed by atoms with Gasteiger partial charge in [0.15, 0.2) is 0 Å². The summed E-state index contributed by atoms with van der Waals surface area (Å²) in [5, 5.41) is 8.51. The highest BCUT2D eigenvalue weighted by Gasteiger charge is 2.14. The molecule has 7 heteroatoms. The fraction of sp³-hybridized carbons (Fsp3) is 0. The molecule has 0 saturated carbocycles. The zero-order chi connectivity index (χ0) is 11.8. The van der Waals surface area contributed by atoms with Crippen LogP contribution in [0.15, 0.2) is 31.9 Å². The lowest BCUT2D eigenvalue weighted by Gasteiger charge is -1.88. The van der Waals surface area contributed by atoms with E-state index in [2.05, 4.69) is 26.1 Å². The molecule has 0 spiro atoms. The normalized spacial score (nSPS) is 10.9. The summed E-state index contributed by atoms with van der Waals surface area (Å²) >= 11 is 6.40. The predicted octanol–water partition coefficient (Wildman–Crippen LogP) is 3.87. The van der Waals surface area contributed by atoms with Crippen LogP contribution >= 0.6 is 38.6 Å². The van der Waals surface area contributed by atoms with Gasteiger partial charge in [-0.1, -0.05) is 5.16 Å². The molecule has 0 fully saturated rings. The fourth-order valence-electron chi connectivity index (χ4n) is 1.36. The van der Waals surface area contributed by atoms with E-state index in [-0.39, 0.29) is 0 Å². The van der Waals surface area contributed by atoms with E-state index >= 15 is 0 Å². The van der Waals surface area contributed by atoms with Crippen LogP contribution in [-0.4, -0.2) is 10.1 Å². The molecule has 0 aliphatic carbocycles. The Labute approximate surface area is 113 Å². The van der Waals surface area contributed by atoms with Crippen LogP contribution in [0.3, 0.4) is 0 Å². The zero-order valence-electron chi connectivity index (χ0n) is 8.38. The first-order valence-corrected chi connectivity index (χ1v) is 7.21. The second-order valence-corrected chi connectivity index (χ2v) is 6.03. The number of halogens is 1. The first kappa shape index (κ1) is 10.9. The maximum atomic E-state index is 5.81. The molecule has 3 heterocycles. The minimum Gasteiger partial charge on any atom is -0.390 e. The van der Waals surface area contributed by atoms with Crippen LogP contribution in [0.4, 0.5) is 5.00 Å². The average Bonchev–Trinajstić information content (AvgIpc) is 2.97. The van der Waals surface area contributed by atoms with Crippen LogP contribution in [0.25, 0.3) is 22.2 Å². The van der Waals surface area contributed by atoms with Gasteiger partial charge in [0.1, 0.15) is 0 Å². The van der Waals surface area contributed by atoms with Crippen molar-refractivity contribution in [1.29, 1.82) is 0 Å². The van der Waals surface area contributed by atoms with Gasteiger partial charge in [-0.3, -0.25) is 0 Å². The van der Waals surface area contributed by atoms with Crippen molar-refractivity contribution in [2.45, 2.75) is 0 Å². The van der Waals surface area contributed by atoms with Gasteiger partial charge < -0.3 is 10.3 Å². The minimum absolute atomic E-state index is 0.461. The second kappa shape index (κ2) is 4.25. The highest BCUT2D eigenvalue weighted by Crippen LogP contribution is 2.32. The van der Waals surface area contributed by atoms with Crippen LogP contribution in [0.1, 0.15) is 0 Å². The molecule has 17 heavy (non-hydrogen) atoms. The van der Waals surface area contributed by atoms with Crippen molar-refractivity contribution >= 4 is 43.6 Å². The average molecular weight is 328 g/mol. The Morgan fingerprint density at radius 1 is 1.35 bits per heavy atom. The lowest BCUT2D eigenvalue weighted by atomic mass is 10.3. The van der Waals surface area contributed by atoms with E-state index in [1.807, 2.05) is 22.9 Å². The number of nitrogens with zero attached hydrogens (tertiary/aromatic N) is 2. The lowest BCUT2D eigenvalue weighted by Crippen LogP contribution is -1.83. The Kier molecular flexibility index (Phi) is 2.73. The van der Waals surface area contributed by atoms with E-state index < -0.39 is 0 Å². The molecule has 4 nitrogen and oxygen atoms in total. The van der Waals surface area contributed by atoms with Crippen molar-refractivity contribution in [2.75, 3.05) is 5.73 Å². The smallest absolute Gasteiger partial charge is 0.261 e. The molecule has 0 amide bonds. The molecule has 0 aromatic carbocycles. The van der Waals surface area contributed by atoms with E-state index in [1.165, 1.54) is 11.3 Å². The number of nitrogen functional groups attached to an aromatic ring is 1. The van der Waals surface area contributed by atoms with Gasteiger partial charge in [-0.15, -0.1) is 22.7 Å². The van der Waals surface area contributed by atoms with Gasteiger partial charge in [-0.25, -0.2) is 0 Å². The summed E-state index contributed by atoms with van der Waals surface area (Å²) in [7, 11) is 0. The summed E-state index contributed by atoms with van der Waals surface area (Å²) in [6.45, 7) is 0. The van der Waals surface area contributed by atoms with Crippen molar-refractivity contribution in [3.8, 4) is 22.2 Å².